The lowest BCUT2D eigenvalue weighted by atomic mass is 9.87. The van der Waals surface area contributed by atoms with Crippen LogP contribution < -0.4 is 5.73 Å². The van der Waals surface area contributed by atoms with Gasteiger partial charge in [0.15, 0.2) is 0 Å². The predicted molar refractivity (Wildman–Crippen MR) is 77.6 cm³/mol. The van der Waals surface area contributed by atoms with Gasteiger partial charge in [-0.25, -0.2) is 0 Å². The summed E-state index contributed by atoms with van der Waals surface area (Å²) in [6, 6.07) is 12.1. The van der Waals surface area contributed by atoms with Crippen LogP contribution in [-0.2, 0) is 6.42 Å². The molecule has 1 aromatic carbocycles. The van der Waals surface area contributed by atoms with Gasteiger partial charge in [0, 0.05) is 12.1 Å². The summed E-state index contributed by atoms with van der Waals surface area (Å²) in [6.45, 7) is 6.66. The Kier molecular flexibility index (Phi) is 4.79. The predicted octanol–water partition coefficient (Wildman–Crippen LogP) is 2.68. The highest BCUT2D eigenvalue weighted by Gasteiger charge is 2.29. The molecule has 0 radical (unpaired) electrons. The van der Waals surface area contributed by atoms with Crippen LogP contribution in [0.1, 0.15) is 32.3 Å². The molecule has 1 aromatic rings. The summed E-state index contributed by atoms with van der Waals surface area (Å²) in [7, 11) is 0. The van der Waals surface area contributed by atoms with Gasteiger partial charge in [-0.3, -0.25) is 4.90 Å². The number of hydrogen-bond donors (Lipinski definition) is 1. The highest BCUT2D eigenvalue weighted by molar-refractivity contribution is 5.16. The van der Waals surface area contributed by atoms with Gasteiger partial charge < -0.3 is 5.73 Å². The summed E-state index contributed by atoms with van der Waals surface area (Å²) >= 11 is 0. The zero-order chi connectivity index (χ0) is 13.0. The topological polar surface area (TPSA) is 29.3 Å². The summed E-state index contributed by atoms with van der Waals surface area (Å²) in [5.74, 6) is 0.716. The minimum absolute atomic E-state index is 0.637. The maximum absolute atomic E-state index is 5.86. The van der Waals surface area contributed by atoms with Crippen molar-refractivity contribution in [1.29, 1.82) is 0 Å². The second kappa shape index (κ2) is 6.35. The zero-order valence-electron chi connectivity index (χ0n) is 11.7. The fourth-order valence-corrected chi connectivity index (χ4v) is 3.13. The van der Waals surface area contributed by atoms with Gasteiger partial charge in [-0.2, -0.15) is 0 Å². The molecule has 2 nitrogen and oxygen atoms in total. The SMILES string of the molecule is CC(C)N1CC[C@H](CN)C[C@@H]1Cc1ccccc1. The van der Waals surface area contributed by atoms with Gasteiger partial charge in [-0.05, 0) is 57.7 Å². The molecule has 18 heavy (non-hydrogen) atoms. The van der Waals surface area contributed by atoms with Crippen molar-refractivity contribution in [2.75, 3.05) is 13.1 Å². The van der Waals surface area contributed by atoms with E-state index in [2.05, 4.69) is 49.1 Å². The minimum atomic E-state index is 0.637. The smallest absolute Gasteiger partial charge is 0.0141 e. The number of nitrogens with zero attached hydrogens (tertiary/aromatic N) is 1. The van der Waals surface area contributed by atoms with E-state index in [1.54, 1.807) is 0 Å². The number of nitrogens with two attached hydrogens (primary N) is 1. The van der Waals surface area contributed by atoms with Crippen LogP contribution in [0, 0.1) is 5.92 Å². The number of hydrogen-bond acceptors (Lipinski definition) is 2. The van der Waals surface area contributed by atoms with Gasteiger partial charge in [0.25, 0.3) is 0 Å². The summed E-state index contributed by atoms with van der Waals surface area (Å²) in [5.41, 5.74) is 7.31. The first-order valence-electron chi connectivity index (χ1n) is 7.20. The maximum Gasteiger partial charge on any atom is 0.0141 e. The Morgan fingerprint density at radius 2 is 2.00 bits per heavy atom. The number of rotatable bonds is 4. The molecule has 2 N–H and O–H groups in total. The van der Waals surface area contributed by atoms with Crippen LogP contribution in [0.5, 0.6) is 0 Å². The van der Waals surface area contributed by atoms with Crippen molar-refractivity contribution in [3.05, 3.63) is 35.9 Å². The van der Waals surface area contributed by atoms with Crippen molar-refractivity contribution in [1.82, 2.24) is 4.90 Å². The van der Waals surface area contributed by atoms with Crippen LogP contribution in [0.4, 0.5) is 0 Å². The molecule has 100 valence electrons. The molecule has 2 rings (SSSR count). The lowest BCUT2D eigenvalue weighted by Gasteiger charge is -2.42. The lowest BCUT2D eigenvalue weighted by molar-refractivity contribution is 0.0835. The Hall–Kier alpha value is -0.860. The Morgan fingerprint density at radius 1 is 1.28 bits per heavy atom. The molecule has 2 heteroatoms. The Bertz CT molecular complexity index is 347. The molecule has 1 aliphatic heterocycles. The fraction of sp³-hybridized carbons (Fsp3) is 0.625. The zero-order valence-corrected chi connectivity index (χ0v) is 11.7. The molecule has 0 aromatic heterocycles. The normalized spacial score (nSPS) is 25.6. The molecule has 2 atom stereocenters. The molecule has 0 unspecified atom stereocenters. The van der Waals surface area contributed by atoms with E-state index in [1.165, 1.54) is 24.9 Å². The monoisotopic (exact) mass is 246 g/mol. The van der Waals surface area contributed by atoms with E-state index in [1.807, 2.05) is 0 Å². The highest BCUT2D eigenvalue weighted by atomic mass is 15.2. The third-order valence-corrected chi connectivity index (χ3v) is 4.18. The third kappa shape index (κ3) is 3.33. The number of benzene rings is 1. The summed E-state index contributed by atoms with van der Waals surface area (Å²) in [5, 5.41) is 0. The van der Waals surface area contributed by atoms with Crippen LogP contribution >= 0.6 is 0 Å². The van der Waals surface area contributed by atoms with E-state index in [4.69, 9.17) is 5.73 Å². The van der Waals surface area contributed by atoms with Crippen molar-refractivity contribution in [3.8, 4) is 0 Å². The molecular formula is C16H26N2. The average molecular weight is 246 g/mol. The van der Waals surface area contributed by atoms with Crippen molar-refractivity contribution < 1.29 is 0 Å². The lowest BCUT2D eigenvalue weighted by Crippen LogP contribution is -2.48. The molecule has 1 heterocycles. The molecule has 0 aliphatic carbocycles. The van der Waals surface area contributed by atoms with Crippen LogP contribution in [0.25, 0.3) is 0 Å². The Morgan fingerprint density at radius 3 is 2.61 bits per heavy atom. The number of likely N-dealkylation sites (tertiary alicyclic amines) is 1. The Balaban J connectivity index is 2.05. The van der Waals surface area contributed by atoms with Crippen LogP contribution in [0.2, 0.25) is 0 Å². The molecular weight excluding hydrogens is 220 g/mol. The maximum atomic E-state index is 5.86. The summed E-state index contributed by atoms with van der Waals surface area (Å²) < 4.78 is 0. The molecule has 0 bridgehead atoms. The van der Waals surface area contributed by atoms with Crippen LogP contribution in [0.3, 0.4) is 0 Å². The summed E-state index contributed by atoms with van der Waals surface area (Å²) in [4.78, 5) is 2.65. The van der Waals surface area contributed by atoms with Crippen LogP contribution in [0.15, 0.2) is 30.3 Å². The third-order valence-electron chi connectivity index (χ3n) is 4.18. The van der Waals surface area contributed by atoms with Gasteiger partial charge in [0.05, 0.1) is 0 Å². The number of piperidine rings is 1. The molecule has 1 aliphatic rings. The van der Waals surface area contributed by atoms with Gasteiger partial charge >= 0.3 is 0 Å². The molecule has 1 saturated heterocycles. The van der Waals surface area contributed by atoms with E-state index in [9.17, 15) is 0 Å². The van der Waals surface area contributed by atoms with Crippen molar-refractivity contribution >= 4 is 0 Å². The quantitative estimate of drug-likeness (QED) is 0.885. The highest BCUT2D eigenvalue weighted by Crippen LogP contribution is 2.26. The minimum Gasteiger partial charge on any atom is -0.330 e. The largest absolute Gasteiger partial charge is 0.330 e. The molecule has 0 saturated carbocycles. The van der Waals surface area contributed by atoms with Gasteiger partial charge in [-0.1, -0.05) is 30.3 Å². The van der Waals surface area contributed by atoms with E-state index >= 15 is 0 Å². The van der Waals surface area contributed by atoms with Gasteiger partial charge in [-0.15, -0.1) is 0 Å². The Labute approximate surface area is 111 Å². The van der Waals surface area contributed by atoms with E-state index < -0.39 is 0 Å². The van der Waals surface area contributed by atoms with Crippen LogP contribution in [-0.4, -0.2) is 30.1 Å². The standard InChI is InChI=1S/C16H26N2/c1-13(2)18-9-8-15(12-17)11-16(18)10-14-6-4-3-5-7-14/h3-7,13,15-16H,8-12,17H2,1-2H3/t15-,16-/m0/s1. The first kappa shape index (κ1) is 13.6. The van der Waals surface area contributed by atoms with Crippen molar-refractivity contribution in [3.63, 3.8) is 0 Å². The first-order valence-corrected chi connectivity index (χ1v) is 7.20. The second-order valence-electron chi connectivity index (χ2n) is 5.80. The van der Waals surface area contributed by atoms with E-state index in [0.717, 1.165) is 13.0 Å². The van der Waals surface area contributed by atoms with Gasteiger partial charge in [0.1, 0.15) is 0 Å². The molecule has 0 spiro atoms. The second-order valence-corrected chi connectivity index (χ2v) is 5.80. The van der Waals surface area contributed by atoms with Crippen molar-refractivity contribution in [2.24, 2.45) is 11.7 Å². The average Bonchev–Trinajstić information content (AvgIpc) is 2.39. The first-order chi connectivity index (χ1) is 8.70. The van der Waals surface area contributed by atoms with Gasteiger partial charge in [0.2, 0.25) is 0 Å². The van der Waals surface area contributed by atoms with Crippen molar-refractivity contribution in [2.45, 2.75) is 45.2 Å². The fourth-order valence-electron chi connectivity index (χ4n) is 3.13. The van der Waals surface area contributed by atoms with E-state index in [0.29, 0.717) is 18.0 Å². The molecule has 0 amide bonds. The summed E-state index contributed by atoms with van der Waals surface area (Å²) in [6.07, 6.45) is 3.68. The van der Waals surface area contributed by atoms with E-state index in [-0.39, 0.29) is 0 Å². The molecule has 1 fully saturated rings.